The van der Waals surface area contributed by atoms with Crippen molar-refractivity contribution in [3.63, 3.8) is 0 Å². The first kappa shape index (κ1) is 25.1. The van der Waals surface area contributed by atoms with Gasteiger partial charge in [0.15, 0.2) is 5.75 Å². The molecular weight excluding hydrogens is 440 g/mol. The van der Waals surface area contributed by atoms with Crippen LogP contribution in [0.5, 0.6) is 5.75 Å². The molecule has 2 aromatic rings. The van der Waals surface area contributed by atoms with Gasteiger partial charge in [0.1, 0.15) is 0 Å². The Bertz CT molecular complexity index is 1030. The second kappa shape index (κ2) is 11.5. The van der Waals surface area contributed by atoms with E-state index in [-0.39, 0.29) is 12.4 Å². The van der Waals surface area contributed by atoms with Gasteiger partial charge in [0, 0.05) is 26.1 Å². The molecule has 1 aliphatic carbocycles. The molecule has 180 valence electrons. The first-order valence-electron chi connectivity index (χ1n) is 11.4. The van der Waals surface area contributed by atoms with Gasteiger partial charge in [-0.3, -0.25) is 9.52 Å². The van der Waals surface area contributed by atoms with Gasteiger partial charge < -0.3 is 9.47 Å². The highest BCUT2D eigenvalue weighted by Gasteiger charge is 2.22. The molecule has 0 unspecified atom stereocenters. The summed E-state index contributed by atoms with van der Waals surface area (Å²) in [4.78, 5) is 11.7. The molecule has 8 heteroatoms. The van der Waals surface area contributed by atoms with Crippen LogP contribution < -0.4 is 9.46 Å². The van der Waals surface area contributed by atoms with E-state index in [4.69, 9.17) is 9.47 Å². The number of esters is 1. The summed E-state index contributed by atoms with van der Waals surface area (Å²) in [5.74, 6) is 0.656. The Morgan fingerprint density at radius 2 is 1.79 bits per heavy atom. The third-order valence-corrected chi connectivity index (χ3v) is 7.43. The van der Waals surface area contributed by atoms with Gasteiger partial charge in [0.2, 0.25) is 0 Å². The molecule has 1 aliphatic rings. The van der Waals surface area contributed by atoms with Crippen LogP contribution in [-0.2, 0) is 26.2 Å². The Balaban J connectivity index is 2.05. The fraction of sp³-hybridized carbons (Fsp3) is 0.480. The second-order valence-electron chi connectivity index (χ2n) is 8.67. The van der Waals surface area contributed by atoms with Crippen molar-refractivity contribution >= 4 is 21.9 Å². The number of anilines is 1. The van der Waals surface area contributed by atoms with E-state index in [1.807, 2.05) is 36.4 Å². The summed E-state index contributed by atoms with van der Waals surface area (Å²) >= 11 is 0. The number of carbonyl (C=O) groups is 1. The minimum Gasteiger partial charge on any atom is -0.490 e. The van der Waals surface area contributed by atoms with Crippen LogP contribution in [0.25, 0.3) is 11.1 Å². The summed E-state index contributed by atoms with van der Waals surface area (Å²) in [7, 11) is 0.553. The summed E-state index contributed by atoms with van der Waals surface area (Å²) < 4.78 is 40.4. The summed E-state index contributed by atoms with van der Waals surface area (Å²) in [6, 6.07) is 13.5. The SMILES string of the molecule is COC(=O)CCc1cc(NS(=O)(=O)N(C)C)c(OCC2CCCCC2)c(-c2ccccc2)c1. The average Bonchev–Trinajstić information content (AvgIpc) is 2.82. The number of methoxy groups -OCH3 is 1. The van der Waals surface area contributed by atoms with Crippen molar-refractivity contribution in [3.05, 3.63) is 48.0 Å². The van der Waals surface area contributed by atoms with Crippen molar-refractivity contribution in [2.45, 2.75) is 44.9 Å². The van der Waals surface area contributed by atoms with Crippen LogP contribution in [-0.4, -0.2) is 46.5 Å². The van der Waals surface area contributed by atoms with Crippen LogP contribution in [0.3, 0.4) is 0 Å². The third-order valence-electron chi connectivity index (χ3n) is 5.99. The lowest BCUT2D eigenvalue weighted by Crippen LogP contribution is -2.29. The van der Waals surface area contributed by atoms with Crippen LogP contribution >= 0.6 is 0 Å². The van der Waals surface area contributed by atoms with Crippen molar-refractivity contribution < 1.29 is 22.7 Å². The highest BCUT2D eigenvalue weighted by molar-refractivity contribution is 7.90. The van der Waals surface area contributed by atoms with Crippen LogP contribution in [0, 0.1) is 5.92 Å². The molecule has 0 radical (unpaired) electrons. The standard InChI is InChI=1S/C25H34N2O5S/c1-27(2)33(29,30)26-23-17-20(14-15-24(28)31-3)16-22(21-12-8-5-9-13-21)25(23)32-18-19-10-6-4-7-11-19/h5,8-9,12-13,16-17,19,26H,4,6-7,10-11,14-15,18H2,1-3H3. The predicted molar refractivity (Wildman–Crippen MR) is 131 cm³/mol. The zero-order valence-corrected chi connectivity index (χ0v) is 20.5. The average molecular weight is 475 g/mol. The minimum atomic E-state index is -3.76. The van der Waals surface area contributed by atoms with Crippen LogP contribution in [0.4, 0.5) is 5.69 Å². The van der Waals surface area contributed by atoms with Gasteiger partial charge in [-0.25, -0.2) is 0 Å². The maximum Gasteiger partial charge on any atom is 0.305 e. The number of hydrogen-bond donors (Lipinski definition) is 1. The highest BCUT2D eigenvalue weighted by Crippen LogP contribution is 2.40. The zero-order chi connectivity index (χ0) is 23.8. The van der Waals surface area contributed by atoms with E-state index in [1.54, 1.807) is 6.07 Å². The Kier molecular flexibility index (Phi) is 8.74. The Morgan fingerprint density at radius 1 is 1.09 bits per heavy atom. The van der Waals surface area contributed by atoms with Crippen molar-refractivity contribution in [2.75, 3.05) is 32.5 Å². The maximum atomic E-state index is 12.7. The monoisotopic (exact) mass is 474 g/mol. The number of aryl methyl sites for hydroxylation is 1. The topological polar surface area (TPSA) is 84.9 Å². The molecule has 2 aromatic carbocycles. The van der Waals surface area contributed by atoms with Gasteiger partial charge in [0.25, 0.3) is 0 Å². The number of nitrogens with zero attached hydrogens (tertiary/aromatic N) is 1. The predicted octanol–water partition coefficient (Wildman–Crippen LogP) is 4.64. The quantitative estimate of drug-likeness (QED) is 0.507. The van der Waals surface area contributed by atoms with E-state index in [1.165, 1.54) is 40.5 Å². The number of nitrogens with one attached hydrogen (secondary N) is 1. The first-order valence-corrected chi connectivity index (χ1v) is 12.9. The number of carbonyl (C=O) groups excluding carboxylic acids is 1. The van der Waals surface area contributed by atoms with E-state index >= 15 is 0 Å². The molecule has 1 N–H and O–H groups in total. The molecule has 7 nitrogen and oxygen atoms in total. The molecule has 0 aliphatic heterocycles. The Morgan fingerprint density at radius 3 is 2.42 bits per heavy atom. The normalized spacial score (nSPS) is 14.8. The van der Waals surface area contributed by atoms with Crippen molar-refractivity contribution in [1.82, 2.24) is 4.31 Å². The van der Waals surface area contributed by atoms with Crippen LogP contribution in [0.2, 0.25) is 0 Å². The van der Waals surface area contributed by atoms with Crippen molar-refractivity contribution in [3.8, 4) is 16.9 Å². The molecule has 0 aromatic heterocycles. The number of ether oxygens (including phenoxy) is 2. The van der Waals surface area contributed by atoms with Gasteiger partial charge in [-0.1, -0.05) is 49.6 Å². The minimum absolute atomic E-state index is 0.201. The van der Waals surface area contributed by atoms with E-state index in [0.29, 0.717) is 30.4 Å². The molecule has 33 heavy (non-hydrogen) atoms. The van der Waals surface area contributed by atoms with E-state index in [2.05, 4.69) is 4.72 Å². The summed E-state index contributed by atoms with van der Waals surface area (Å²) in [6.07, 6.45) is 6.53. The van der Waals surface area contributed by atoms with Gasteiger partial charge in [0.05, 0.1) is 19.4 Å². The molecular formula is C25H34N2O5S. The van der Waals surface area contributed by atoms with Gasteiger partial charge in [-0.15, -0.1) is 0 Å². The van der Waals surface area contributed by atoms with Gasteiger partial charge >= 0.3 is 16.2 Å². The summed E-state index contributed by atoms with van der Waals surface area (Å²) in [5.41, 5.74) is 2.91. The largest absolute Gasteiger partial charge is 0.490 e. The molecule has 0 atom stereocenters. The first-order chi connectivity index (χ1) is 15.8. The highest BCUT2D eigenvalue weighted by atomic mass is 32.2. The third kappa shape index (κ3) is 6.95. The lowest BCUT2D eigenvalue weighted by molar-refractivity contribution is -0.140. The maximum absolute atomic E-state index is 12.7. The Labute approximate surface area is 197 Å². The Hall–Kier alpha value is -2.58. The lowest BCUT2D eigenvalue weighted by atomic mass is 9.90. The number of benzene rings is 2. The summed E-state index contributed by atoms with van der Waals surface area (Å²) in [5, 5.41) is 0. The summed E-state index contributed by atoms with van der Waals surface area (Å²) in [6.45, 7) is 0.540. The molecule has 0 saturated heterocycles. The molecule has 0 bridgehead atoms. The molecule has 3 rings (SSSR count). The number of hydrogen-bond acceptors (Lipinski definition) is 5. The van der Waals surface area contributed by atoms with Crippen LogP contribution in [0.15, 0.2) is 42.5 Å². The molecule has 1 saturated carbocycles. The smallest absolute Gasteiger partial charge is 0.305 e. The lowest BCUT2D eigenvalue weighted by Gasteiger charge is -2.25. The molecule has 1 fully saturated rings. The van der Waals surface area contributed by atoms with E-state index in [9.17, 15) is 13.2 Å². The van der Waals surface area contributed by atoms with Gasteiger partial charge in [-0.2, -0.15) is 12.7 Å². The van der Waals surface area contributed by atoms with E-state index in [0.717, 1.165) is 33.8 Å². The van der Waals surface area contributed by atoms with Crippen molar-refractivity contribution in [1.29, 1.82) is 0 Å². The zero-order valence-electron chi connectivity index (χ0n) is 19.7. The molecule has 0 heterocycles. The second-order valence-corrected chi connectivity index (χ2v) is 10.6. The van der Waals surface area contributed by atoms with Crippen LogP contribution in [0.1, 0.15) is 44.1 Å². The molecule has 0 amide bonds. The fourth-order valence-electron chi connectivity index (χ4n) is 4.03. The van der Waals surface area contributed by atoms with E-state index < -0.39 is 10.2 Å². The number of rotatable bonds is 10. The molecule has 0 spiro atoms. The van der Waals surface area contributed by atoms with Gasteiger partial charge in [-0.05, 0) is 48.4 Å². The fourth-order valence-corrected chi connectivity index (χ4v) is 4.64. The van der Waals surface area contributed by atoms with Crippen molar-refractivity contribution in [2.24, 2.45) is 5.92 Å².